The third-order valence-electron chi connectivity index (χ3n) is 3.06. The van der Waals surface area contributed by atoms with Crippen LogP contribution in [0.15, 0.2) is 0 Å². The van der Waals surface area contributed by atoms with Crippen molar-refractivity contribution in [2.24, 2.45) is 5.92 Å². The zero-order valence-electron chi connectivity index (χ0n) is 8.00. The van der Waals surface area contributed by atoms with Gasteiger partial charge in [0.2, 0.25) is 0 Å². The topological polar surface area (TPSA) is 40.5 Å². The Morgan fingerprint density at radius 2 is 2.17 bits per heavy atom. The van der Waals surface area contributed by atoms with Crippen LogP contribution in [0.5, 0.6) is 0 Å². The minimum Gasteiger partial charge on any atom is -0.480 e. The molecule has 0 bridgehead atoms. The molecule has 1 unspecified atom stereocenters. The molecule has 12 heavy (non-hydrogen) atoms. The fraction of sp³-hybridized carbons (Fsp3) is 0.889. The van der Waals surface area contributed by atoms with E-state index >= 15 is 0 Å². The van der Waals surface area contributed by atoms with Gasteiger partial charge in [0.1, 0.15) is 5.54 Å². The van der Waals surface area contributed by atoms with Gasteiger partial charge in [0.25, 0.3) is 0 Å². The van der Waals surface area contributed by atoms with Crippen molar-refractivity contribution in [2.75, 3.05) is 13.6 Å². The van der Waals surface area contributed by atoms with Crippen LogP contribution in [0.4, 0.5) is 0 Å². The summed E-state index contributed by atoms with van der Waals surface area (Å²) >= 11 is 0. The van der Waals surface area contributed by atoms with Gasteiger partial charge in [-0.25, -0.2) is 0 Å². The van der Waals surface area contributed by atoms with E-state index in [2.05, 4.69) is 0 Å². The first-order valence-electron chi connectivity index (χ1n) is 4.46. The molecule has 0 spiro atoms. The number of carboxylic acids is 1. The van der Waals surface area contributed by atoms with Crippen molar-refractivity contribution in [3.63, 3.8) is 0 Å². The van der Waals surface area contributed by atoms with Crippen molar-refractivity contribution in [3.05, 3.63) is 0 Å². The van der Waals surface area contributed by atoms with Gasteiger partial charge in [0.05, 0.1) is 0 Å². The third kappa shape index (κ3) is 1.12. The Labute approximate surface area is 73.4 Å². The van der Waals surface area contributed by atoms with Gasteiger partial charge in [-0.2, -0.15) is 0 Å². The molecule has 70 valence electrons. The lowest BCUT2D eigenvalue weighted by molar-refractivity contribution is -0.151. The summed E-state index contributed by atoms with van der Waals surface area (Å²) in [5, 5.41) is 9.16. The maximum atomic E-state index is 11.1. The molecule has 1 atom stereocenters. The molecular formula is C9H17NO2. The van der Waals surface area contributed by atoms with Crippen LogP contribution in [-0.4, -0.2) is 35.1 Å². The molecule has 0 radical (unpaired) electrons. The van der Waals surface area contributed by atoms with E-state index in [9.17, 15) is 4.79 Å². The fourth-order valence-corrected chi connectivity index (χ4v) is 2.22. The summed E-state index contributed by atoms with van der Waals surface area (Å²) in [7, 11) is 1.90. The molecule has 3 heteroatoms. The largest absolute Gasteiger partial charge is 0.480 e. The normalized spacial score (nSPS) is 31.3. The summed E-state index contributed by atoms with van der Waals surface area (Å²) in [5.74, 6) is -0.486. The number of aliphatic carboxylic acids is 1. The van der Waals surface area contributed by atoms with Crippen molar-refractivity contribution in [3.8, 4) is 0 Å². The van der Waals surface area contributed by atoms with Crippen molar-refractivity contribution in [1.29, 1.82) is 0 Å². The van der Waals surface area contributed by atoms with E-state index in [1.165, 1.54) is 0 Å². The fourth-order valence-electron chi connectivity index (χ4n) is 2.22. The quantitative estimate of drug-likeness (QED) is 0.678. The van der Waals surface area contributed by atoms with Crippen LogP contribution in [0.2, 0.25) is 0 Å². The summed E-state index contributed by atoms with van der Waals surface area (Å²) < 4.78 is 0. The predicted octanol–water partition coefficient (Wildman–Crippen LogP) is 1.19. The molecule has 0 aromatic rings. The second kappa shape index (κ2) is 3.05. The van der Waals surface area contributed by atoms with E-state index in [-0.39, 0.29) is 5.92 Å². The molecule has 0 aromatic heterocycles. The maximum absolute atomic E-state index is 11.1. The van der Waals surface area contributed by atoms with Gasteiger partial charge in [-0.05, 0) is 32.4 Å². The van der Waals surface area contributed by atoms with Crippen molar-refractivity contribution in [2.45, 2.75) is 32.2 Å². The number of hydrogen-bond acceptors (Lipinski definition) is 2. The molecule has 1 N–H and O–H groups in total. The maximum Gasteiger partial charge on any atom is 0.324 e. The van der Waals surface area contributed by atoms with Crippen molar-refractivity contribution in [1.82, 2.24) is 4.90 Å². The number of likely N-dealkylation sites (tertiary alicyclic amines) is 1. The van der Waals surface area contributed by atoms with Crippen LogP contribution in [0, 0.1) is 5.92 Å². The molecule has 3 nitrogen and oxygen atoms in total. The minimum atomic E-state index is -0.669. The molecule has 0 aliphatic carbocycles. The third-order valence-corrected chi connectivity index (χ3v) is 3.06. The Morgan fingerprint density at radius 3 is 2.33 bits per heavy atom. The van der Waals surface area contributed by atoms with Crippen molar-refractivity contribution < 1.29 is 9.90 Å². The van der Waals surface area contributed by atoms with Crippen molar-refractivity contribution >= 4 is 5.97 Å². The lowest BCUT2D eigenvalue weighted by atomic mass is 9.84. The van der Waals surface area contributed by atoms with Gasteiger partial charge in [-0.1, -0.05) is 13.8 Å². The summed E-state index contributed by atoms with van der Waals surface area (Å²) in [4.78, 5) is 13.1. The monoisotopic (exact) mass is 171 g/mol. The zero-order valence-corrected chi connectivity index (χ0v) is 8.00. The standard InChI is InChI=1S/C9H17NO2/c1-7(2)9(8(11)12)5-4-6-10(9)3/h7H,4-6H2,1-3H3,(H,11,12). The average Bonchev–Trinajstić information content (AvgIpc) is 2.31. The Morgan fingerprint density at radius 1 is 1.58 bits per heavy atom. The molecule has 1 aliphatic heterocycles. The molecule has 1 fully saturated rings. The van der Waals surface area contributed by atoms with Gasteiger partial charge in [-0.3, -0.25) is 9.69 Å². The Bertz CT molecular complexity index is 191. The first-order valence-corrected chi connectivity index (χ1v) is 4.46. The lowest BCUT2D eigenvalue weighted by Crippen LogP contribution is -2.52. The number of rotatable bonds is 2. The van der Waals surface area contributed by atoms with Gasteiger partial charge >= 0.3 is 5.97 Å². The summed E-state index contributed by atoms with van der Waals surface area (Å²) in [6.07, 6.45) is 1.79. The highest BCUT2D eigenvalue weighted by atomic mass is 16.4. The predicted molar refractivity (Wildman–Crippen MR) is 47.1 cm³/mol. The smallest absolute Gasteiger partial charge is 0.324 e. The van der Waals surface area contributed by atoms with Crippen LogP contribution < -0.4 is 0 Å². The Balaban J connectivity index is 2.93. The first kappa shape index (κ1) is 9.52. The van der Waals surface area contributed by atoms with Gasteiger partial charge in [0.15, 0.2) is 0 Å². The number of carbonyl (C=O) groups is 1. The molecule has 1 rings (SSSR count). The molecule has 0 saturated carbocycles. The molecule has 1 aliphatic rings. The highest BCUT2D eigenvalue weighted by Crippen LogP contribution is 2.34. The van der Waals surface area contributed by atoms with Crippen LogP contribution in [0.1, 0.15) is 26.7 Å². The highest BCUT2D eigenvalue weighted by Gasteiger charge is 2.48. The van der Waals surface area contributed by atoms with E-state index < -0.39 is 11.5 Å². The lowest BCUT2D eigenvalue weighted by Gasteiger charge is -2.35. The second-order valence-electron chi connectivity index (χ2n) is 3.91. The average molecular weight is 171 g/mol. The number of nitrogens with zero attached hydrogens (tertiary/aromatic N) is 1. The van der Waals surface area contributed by atoms with E-state index in [1.54, 1.807) is 0 Å². The SMILES string of the molecule is CC(C)C1(C(=O)O)CCCN1C. The molecule has 0 aromatic carbocycles. The van der Waals surface area contributed by atoms with Crippen LogP contribution >= 0.6 is 0 Å². The minimum absolute atomic E-state index is 0.183. The number of carboxylic acid groups (broad SMARTS) is 1. The molecule has 1 saturated heterocycles. The first-order chi connectivity index (χ1) is 5.51. The summed E-state index contributed by atoms with van der Waals surface area (Å²) in [6.45, 7) is 4.87. The van der Waals surface area contributed by atoms with Crippen LogP contribution in [-0.2, 0) is 4.79 Å². The van der Waals surface area contributed by atoms with Crippen LogP contribution in [0.25, 0.3) is 0 Å². The van der Waals surface area contributed by atoms with E-state index in [4.69, 9.17) is 5.11 Å². The van der Waals surface area contributed by atoms with Gasteiger partial charge < -0.3 is 5.11 Å². The van der Waals surface area contributed by atoms with Gasteiger partial charge in [0, 0.05) is 0 Å². The molecule has 0 amide bonds. The molecule has 1 heterocycles. The number of hydrogen-bond donors (Lipinski definition) is 1. The van der Waals surface area contributed by atoms with E-state index in [0.29, 0.717) is 0 Å². The molecular weight excluding hydrogens is 154 g/mol. The second-order valence-corrected chi connectivity index (χ2v) is 3.91. The Hall–Kier alpha value is -0.570. The van der Waals surface area contributed by atoms with E-state index in [1.807, 2.05) is 25.8 Å². The zero-order chi connectivity index (χ0) is 9.35. The van der Waals surface area contributed by atoms with E-state index in [0.717, 1.165) is 19.4 Å². The highest BCUT2D eigenvalue weighted by molar-refractivity contribution is 5.79. The summed E-state index contributed by atoms with van der Waals surface area (Å²) in [5.41, 5.74) is -0.597. The van der Waals surface area contributed by atoms with Crippen LogP contribution in [0.3, 0.4) is 0 Å². The van der Waals surface area contributed by atoms with Gasteiger partial charge in [-0.15, -0.1) is 0 Å². The Kier molecular flexibility index (Phi) is 2.42. The summed E-state index contributed by atoms with van der Waals surface area (Å²) in [6, 6.07) is 0. The number of likely N-dealkylation sites (N-methyl/N-ethyl adjacent to an activating group) is 1.